The van der Waals surface area contributed by atoms with Crippen molar-refractivity contribution in [2.45, 2.75) is 0 Å². The van der Waals surface area contributed by atoms with E-state index in [9.17, 15) is 4.79 Å². The number of anilines is 2. The summed E-state index contributed by atoms with van der Waals surface area (Å²) in [6.45, 7) is 3.09. The maximum Gasteiger partial charge on any atom is 0.242 e. The second-order valence-corrected chi connectivity index (χ2v) is 6.15. The Kier molecular flexibility index (Phi) is 5.36. The van der Waals surface area contributed by atoms with Gasteiger partial charge in [0.05, 0.1) is 6.54 Å². The number of aromatic nitrogens is 1. The van der Waals surface area contributed by atoms with Gasteiger partial charge in [0.1, 0.15) is 17.6 Å². The molecule has 1 aliphatic rings. The van der Waals surface area contributed by atoms with Crippen LogP contribution in [-0.4, -0.2) is 48.5 Å². The minimum atomic E-state index is 0.0277. The Labute approximate surface area is 151 Å². The highest BCUT2D eigenvalue weighted by Gasteiger charge is 2.21. The lowest BCUT2D eigenvalue weighted by molar-refractivity contribution is -0.129. The number of nitrogens with zero attached hydrogens (tertiary/aromatic N) is 4. The van der Waals surface area contributed by atoms with Crippen molar-refractivity contribution in [1.82, 2.24) is 9.88 Å². The monoisotopic (exact) mass is 355 g/mol. The molecule has 1 fully saturated rings. The molecular weight excluding hydrogens is 338 g/mol. The Bertz CT molecular complexity index is 779. The van der Waals surface area contributed by atoms with Gasteiger partial charge in [0, 0.05) is 36.9 Å². The molecule has 6 nitrogen and oxygen atoms in total. The van der Waals surface area contributed by atoms with Crippen molar-refractivity contribution < 1.29 is 4.79 Å². The van der Waals surface area contributed by atoms with E-state index in [-0.39, 0.29) is 12.5 Å². The molecule has 1 amide bonds. The Balaban J connectivity index is 1.49. The van der Waals surface area contributed by atoms with Crippen molar-refractivity contribution in [2.24, 2.45) is 0 Å². The molecule has 0 unspecified atom stereocenters. The Hall–Kier alpha value is -2.78. The summed E-state index contributed by atoms with van der Waals surface area (Å²) in [5, 5.41) is 12.6. The summed E-state index contributed by atoms with van der Waals surface area (Å²) in [6, 6.07) is 14.8. The first-order valence-corrected chi connectivity index (χ1v) is 8.43. The van der Waals surface area contributed by atoms with Crippen LogP contribution in [0.4, 0.5) is 11.5 Å². The first-order valence-electron chi connectivity index (χ1n) is 8.05. The number of pyridine rings is 1. The zero-order valence-corrected chi connectivity index (χ0v) is 14.4. The number of nitriles is 1. The number of piperazine rings is 1. The number of benzene rings is 1. The second-order valence-electron chi connectivity index (χ2n) is 5.72. The highest BCUT2D eigenvalue weighted by atomic mass is 35.5. The van der Waals surface area contributed by atoms with Gasteiger partial charge in [-0.25, -0.2) is 4.98 Å². The van der Waals surface area contributed by atoms with E-state index in [0.717, 1.165) is 23.8 Å². The minimum absolute atomic E-state index is 0.0277. The molecule has 3 rings (SSSR count). The summed E-state index contributed by atoms with van der Waals surface area (Å²) in [5.74, 6) is 0.562. The highest BCUT2D eigenvalue weighted by Crippen LogP contribution is 2.19. The van der Waals surface area contributed by atoms with Crippen LogP contribution < -0.4 is 10.2 Å². The fourth-order valence-corrected chi connectivity index (χ4v) is 2.87. The zero-order valence-electron chi connectivity index (χ0n) is 13.7. The molecule has 128 valence electrons. The largest absolute Gasteiger partial charge is 0.368 e. The van der Waals surface area contributed by atoms with Crippen LogP contribution in [0.1, 0.15) is 5.69 Å². The summed E-state index contributed by atoms with van der Waals surface area (Å²) in [6.07, 6.45) is 0. The van der Waals surface area contributed by atoms with E-state index in [4.69, 9.17) is 16.9 Å². The van der Waals surface area contributed by atoms with Gasteiger partial charge in [-0.2, -0.15) is 5.26 Å². The van der Waals surface area contributed by atoms with Crippen molar-refractivity contribution in [1.29, 1.82) is 5.26 Å². The van der Waals surface area contributed by atoms with Crippen molar-refractivity contribution >= 4 is 29.0 Å². The highest BCUT2D eigenvalue weighted by molar-refractivity contribution is 6.30. The number of halogens is 1. The van der Waals surface area contributed by atoms with Gasteiger partial charge in [0.25, 0.3) is 0 Å². The van der Waals surface area contributed by atoms with E-state index in [2.05, 4.69) is 15.2 Å². The van der Waals surface area contributed by atoms with Gasteiger partial charge in [0.2, 0.25) is 5.91 Å². The Morgan fingerprint density at radius 3 is 2.56 bits per heavy atom. The number of hydrogen-bond acceptors (Lipinski definition) is 5. The fourth-order valence-electron chi connectivity index (χ4n) is 2.74. The molecule has 25 heavy (non-hydrogen) atoms. The number of carbonyl (C=O) groups excluding carboxylic acids is 1. The van der Waals surface area contributed by atoms with E-state index in [1.807, 2.05) is 35.2 Å². The number of nitrogens with one attached hydrogen (secondary N) is 1. The summed E-state index contributed by atoms with van der Waals surface area (Å²) in [5.41, 5.74) is 1.45. The SMILES string of the molecule is N#Cc1cccc(NCC(=O)N2CCN(c3ccc(Cl)cc3)CC2)n1. The lowest BCUT2D eigenvalue weighted by Gasteiger charge is -2.36. The molecule has 0 atom stereocenters. The molecule has 1 saturated heterocycles. The van der Waals surface area contributed by atoms with Gasteiger partial charge in [0.15, 0.2) is 0 Å². The van der Waals surface area contributed by atoms with Crippen LogP contribution in [-0.2, 0) is 4.79 Å². The normalized spacial score (nSPS) is 14.1. The molecule has 1 aliphatic heterocycles. The van der Waals surface area contributed by atoms with Crippen molar-refractivity contribution in [2.75, 3.05) is 42.9 Å². The molecule has 0 spiro atoms. The first kappa shape index (κ1) is 17.1. The third-order valence-corrected chi connectivity index (χ3v) is 4.36. The molecule has 7 heteroatoms. The van der Waals surface area contributed by atoms with Crippen LogP contribution in [0, 0.1) is 11.3 Å². The number of carbonyl (C=O) groups is 1. The van der Waals surface area contributed by atoms with Crippen LogP contribution in [0.15, 0.2) is 42.5 Å². The topological polar surface area (TPSA) is 72.3 Å². The quantitative estimate of drug-likeness (QED) is 0.911. The fraction of sp³-hybridized carbons (Fsp3) is 0.278. The maximum absolute atomic E-state index is 12.3. The molecule has 1 N–H and O–H groups in total. The average Bonchev–Trinajstić information content (AvgIpc) is 2.67. The number of rotatable bonds is 4. The third-order valence-electron chi connectivity index (χ3n) is 4.11. The molecule has 1 aromatic heterocycles. The van der Waals surface area contributed by atoms with Crippen LogP contribution in [0.25, 0.3) is 0 Å². The summed E-state index contributed by atoms with van der Waals surface area (Å²) in [7, 11) is 0. The molecule has 0 bridgehead atoms. The van der Waals surface area contributed by atoms with Gasteiger partial charge in [-0.15, -0.1) is 0 Å². The Morgan fingerprint density at radius 1 is 1.16 bits per heavy atom. The minimum Gasteiger partial charge on any atom is -0.368 e. The van der Waals surface area contributed by atoms with Crippen LogP contribution in [0.5, 0.6) is 0 Å². The third kappa shape index (κ3) is 4.40. The van der Waals surface area contributed by atoms with Gasteiger partial charge >= 0.3 is 0 Å². The first-order chi connectivity index (χ1) is 12.2. The summed E-state index contributed by atoms with van der Waals surface area (Å²) in [4.78, 5) is 20.5. The average molecular weight is 356 g/mol. The van der Waals surface area contributed by atoms with Crippen molar-refractivity contribution in [3.63, 3.8) is 0 Å². The maximum atomic E-state index is 12.3. The molecule has 0 saturated carbocycles. The van der Waals surface area contributed by atoms with Crippen molar-refractivity contribution in [3.05, 3.63) is 53.2 Å². The molecule has 0 radical (unpaired) electrons. The van der Waals surface area contributed by atoms with E-state index in [1.54, 1.807) is 18.2 Å². The smallest absolute Gasteiger partial charge is 0.242 e. The van der Waals surface area contributed by atoms with Gasteiger partial charge in [-0.3, -0.25) is 4.79 Å². The molecule has 2 heterocycles. The molecule has 1 aromatic carbocycles. The predicted octanol–water partition coefficient (Wildman–Crippen LogP) is 2.37. The van der Waals surface area contributed by atoms with Crippen LogP contribution in [0.3, 0.4) is 0 Å². The predicted molar refractivity (Wildman–Crippen MR) is 97.7 cm³/mol. The van der Waals surface area contributed by atoms with Crippen LogP contribution >= 0.6 is 11.6 Å². The molecular formula is C18H18ClN5O. The van der Waals surface area contributed by atoms with Gasteiger partial charge in [-0.05, 0) is 36.4 Å². The van der Waals surface area contributed by atoms with Gasteiger partial charge in [-0.1, -0.05) is 17.7 Å². The standard InChI is InChI=1S/C18H18ClN5O/c19-14-4-6-16(7-5-14)23-8-10-24(11-9-23)18(25)13-21-17-3-1-2-15(12-20)22-17/h1-7H,8-11,13H2,(H,21,22). The lowest BCUT2D eigenvalue weighted by Crippen LogP contribution is -2.50. The Morgan fingerprint density at radius 2 is 1.88 bits per heavy atom. The molecule has 0 aliphatic carbocycles. The van der Waals surface area contributed by atoms with E-state index >= 15 is 0 Å². The number of amides is 1. The van der Waals surface area contributed by atoms with E-state index in [0.29, 0.717) is 24.6 Å². The summed E-state index contributed by atoms with van der Waals surface area (Å²) >= 11 is 5.92. The lowest BCUT2D eigenvalue weighted by atomic mass is 10.2. The summed E-state index contributed by atoms with van der Waals surface area (Å²) < 4.78 is 0. The second kappa shape index (κ2) is 7.86. The number of hydrogen-bond donors (Lipinski definition) is 1. The molecule has 2 aromatic rings. The van der Waals surface area contributed by atoms with E-state index < -0.39 is 0 Å². The van der Waals surface area contributed by atoms with Crippen LogP contribution in [0.2, 0.25) is 5.02 Å². The van der Waals surface area contributed by atoms with E-state index in [1.165, 1.54) is 0 Å². The van der Waals surface area contributed by atoms with Gasteiger partial charge < -0.3 is 15.1 Å². The zero-order chi connectivity index (χ0) is 17.6. The van der Waals surface area contributed by atoms with Crippen molar-refractivity contribution in [3.8, 4) is 6.07 Å².